The maximum absolute atomic E-state index is 13.1. The quantitative estimate of drug-likeness (QED) is 0.378. The number of carbonyl (C=O) groups is 3. The first-order valence-electron chi connectivity index (χ1n) is 12.2. The second-order valence-electron chi connectivity index (χ2n) is 9.67. The van der Waals surface area contributed by atoms with E-state index in [1.54, 1.807) is 34.9 Å². The number of furan rings is 1. The van der Waals surface area contributed by atoms with Gasteiger partial charge in [-0.05, 0) is 43.7 Å². The number of hydrogen-bond acceptors (Lipinski definition) is 7. The lowest BCUT2D eigenvalue weighted by Gasteiger charge is -2.26. The van der Waals surface area contributed by atoms with E-state index in [9.17, 15) is 14.4 Å². The Bertz CT molecular complexity index is 1650. The van der Waals surface area contributed by atoms with E-state index in [4.69, 9.17) is 14.1 Å². The van der Waals surface area contributed by atoms with Gasteiger partial charge >= 0.3 is 6.03 Å². The van der Waals surface area contributed by atoms with Crippen molar-refractivity contribution < 1.29 is 23.5 Å². The van der Waals surface area contributed by atoms with Crippen molar-refractivity contribution in [2.45, 2.75) is 32.4 Å². The van der Waals surface area contributed by atoms with Crippen molar-refractivity contribution in [3.8, 4) is 17.0 Å². The molecule has 1 aromatic carbocycles. The van der Waals surface area contributed by atoms with Crippen LogP contribution in [0.4, 0.5) is 4.79 Å². The summed E-state index contributed by atoms with van der Waals surface area (Å²) < 4.78 is 13.1. The van der Waals surface area contributed by atoms with Crippen LogP contribution < -0.4 is 15.4 Å². The Kier molecular flexibility index (Phi) is 5.26. The van der Waals surface area contributed by atoms with Gasteiger partial charge < -0.3 is 19.4 Å². The normalized spacial score (nSPS) is 18.7. The van der Waals surface area contributed by atoms with Gasteiger partial charge in [0.25, 0.3) is 11.8 Å². The fraction of sp³-hybridized carbons (Fsp3) is 0.296. The van der Waals surface area contributed by atoms with E-state index in [0.29, 0.717) is 29.0 Å². The smallest absolute Gasteiger partial charge is 0.322 e. The van der Waals surface area contributed by atoms with Crippen LogP contribution in [0.2, 0.25) is 0 Å². The molecule has 1 fully saturated rings. The fourth-order valence-corrected chi connectivity index (χ4v) is 5.33. The van der Waals surface area contributed by atoms with Gasteiger partial charge in [0.15, 0.2) is 11.1 Å². The topological polar surface area (TPSA) is 132 Å². The molecule has 194 valence electrons. The first-order chi connectivity index (χ1) is 18.2. The van der Waals surface area contributed by atoms with Crippen LogP contribution in [0.15, 0.2) is 40.8 Å². The molecule has 2 aliphatic rings. The average molecular weight is 515 g/mol. The van der Waals surface area contributed by atoms with Crippen molar-refractivity contribution in [2.75, 3.05) is 13.7 Å². The summed E-state index contributed by atoms with van der Waals surface area (Å²) >= 11 is 0. The Morgan fingerprint density at radius 2 is 1.95 bits per heavy atom. The molecule has 2 N–H and O–H groups in total. The van der Waals surface area contributed by atoms with Crippen LogP contribution in [0.1, 0.15) is 39.5 Å². The molecular formula is C27H26N6O5. The minimum absolute atomic E-state index is 0.120. The Balaban J connectivity index is 1.32. The number of benzene rings is 1. The number of hydrogen-bond donors (Lipinski definition) is 2. The molecule has 1 unspecified atom stereocenters. The van der Waals surface area contributed by atoms with Gasteiger partial charge in [0, 0.05) is 49.4 Å². The molecule has 6 rings (SSSR count). The summed E-state index contributed by atoms with van der Waals surface area (Å²) in [6, 6.07) is 10.1. The van der Waals surface area contributed by atoms with Crippen LogP contribution in [-0.2, 0) is 23.9 Å². The number of pyridine rings is 1. The summed E-state index contributed by atoms with van der Waals surface area (Å²) in [7, 11) is 3.43. The summed E-state index contributed by atoms with van der Waals surface area (Å²) in [4.78, 5) is 44.9. The van der Waals surface area contributed by atoms with Gasteiger partial charge in [-0.1, -0.05) is 6.07 Å². The van der Waals surface area contributed by atoms with Crippen molar-refractivity contribution in [1.82, 2.24) is 30.3 Å². The van der Waals surface area contributed by atoms with Crippen LogP contribution >= 0.6 is 0 Å². The zero-order valence-corrected chi connectivity index (χ0v) is 21.4. The molecule has 2 aliphatic heterocycles. The van der Waals surface area contributed by atoms with Crippen LogP contribution in [0, 0.1) is 13.8 Å². The maximum Gasteiger partial charge on any atom is 0.322 e. The van der Waals surface area contributed by atoms with E-state index in [1.165, 1.54) is 0 Å². The molecule has 0 saturated carbocycles. The number of rotatable bonds is 6. The van der Waals surface area contributed by atoms with E-state index in [0.717, 1.165) is 28.2 Å². The first-order valence-corrected chi connectivity index (χ1v) is 12.2. The summed E-state index contributed by atoms with van der Waals surface area (Å²) in [6.07, 6.45) is 0.120. The second-order valence-corrected chi connectivity index (χ2v) is 9.67. The summed E-state index contributed by atoms with van der Waals surface area (Å²) in [5.74, 6) is 0.165. The lowest BCUT2D eigenvalue weighted by atomic mass is 9.92. The number of nitrogens with zero attached hydrogens (tertiary/aromatic N) is 4. The van der Waals surface area contributed by atoms with Gasteiger partial charge in [0.05, 0.1) is 18.5 Å². The van der Waals surface area contributed by atoms with Crippen LogP contribution in [0.5, 0.6) is 5.75 Å². The van der Waals surface area contributed by atoms with Crippen molar-refractivity contribution in [3.05, 3.63) is 64.7 Å². The fourth-order valence-electron chi connectivity index (χ4n) is 5.33. The molecule has 5 heterocycles. The molecular weight excluding hydrogens is 488 g/mol. The summed E-state index contributed by atoms with van der Waals surface area (Å²) in [5, 5.41) is 9.54. The van der Waals surface area contributed by atoms with Gasteiger partial charge in [0.1, 0.15) is 17.0 Å². The zero-order valence-electron chi connectivity index (χ0n) is 21.4. The molecule has 1 atom stereocenters. The lowest BCUT2D eigenvalue weighted by Crippen LogP contribution is -2.46. The lowest BCUT2D eigenvalue weighted by molar-refractivity contribution is -0.125. The van der Waals surface area contributed by atoms with Gasteiger partial charge in [-0.25, -0.2) is 9.78 Å². The highest BCUT2D eigenvalue weighted by molar-refractivity contribution is 6.07. The van der Waals surface area contributed by atoms with Crippen molar-refractivity contribution >= 4 is 28.9 Å². The predicted molar refractivity (Wildman–Crippen MR) is 136 cm³/mol. The minimum Gasteiger partial charge on any atom is -0.497 e. The van der Waals surface area contributed by atoms with Crippen LogP contribution in [0.25, 0.3) is 22.4 Å². The molecule has 4 aromatic rings. The Hall–Kier alpha value is -4.67. The molecule has 1 saturated heterocycles. The molecule has 0 spiro atoms. The number of imide groups is 1. The molecule has 11 nitrogen and oxygen atoms in total. The number of carbonyl (C=O) groups excluding carboxylic acids is 3. The van der Waals surface area contributed by atoms with E-state index < -0.39 is 17.5 Å². The highest BCUT2D eigenvalue weighted by Crippen LogP contribution is 2.36. The van der Waals surface area contributed by atoms with Crippen LogP contribution in [0.3, 0.4) is 0 Å². The molecule has 3 aromatic heterocycles. The molecule has 11 heteroatoms. The average Bonchev–Trinajstić information content (AvgIpc) is 3.61. The minimum atomic E-state index is -1.48. The SMILES string of the molecule is COc1ccc2c(c1)C(=O)N(CCC1(c3cc4nc(-c5c(C)nn(C)c5C)ccc4o3)NC(=O)NC1=O)C2. The number of methoxy groups -OCH3 is 1. The highest BCUT2D eigenvalue weighted by Gasteiger charge is 2.51. The number of urea groups is 1. The highest BCUT2D eigenvalue weighted by atomic mass is 16.5. The number of amides is 4. The molecule has 4 amide bonds. The van der Waals surface area contributed by atoms with E-state index in [2.05, 4.69) is 15.7 Å². The molecule has 0 aliphatic carbocycles. The predicted octanol–water partition coefficient (Wildman–Crippen LogP) is 2.93. The third-order valence-electron chi connectivity index (χ3n) is 7.45. The Labute approximate surface area is 217 Å². The van der Waals surface area contributed by atoms with Gasteiger partial charge in [0.2, 0.25) is 0 Å². The number of ether oxygens (including phenoxy) is 1. The van der Waals surface area contributed by atoms with E-state index in [-0.39, 0.29) is 24.6 Å². The molecule has 38 heavy (non-hydrogen) atoms. The summed E-state index contributed by atoms with van der Waals surface area (Å²) in [5.41, 5.74) is 4.49. The monoisotopic (exact) mass is 514 g/mol. The Morgan fingerprint density at radius 1 is 1.13 bits per heavy atom. The zero-order chi connectivity index (χ0) is 26.8. The van der Waals surface area contributed by atoms with Crippen molar-refractivity contribution in [1.29, 1.82) is 0 Å². The molecule has 0 radical (unpaired) electrons. The number of aryl methyl sites for hydroxylation is 2. The third kappa shape index (κ3) is 3.53. The number of fused-ring (bicyclic) bond motifs is 2. The maximum atomic E-state index is 13.1. The van der Waals surface area contributed by atoms with Crippen molar-refractivity contribution in [2.24, 2.45) is 7.05 Å². The molecule has 0 bridgehead atoms. The van der Waals surface area contributed by atoms with Crippen molar-refractivity contribution in [3.63, 3.8) is 0 Å². The summed E-state index contributed by atoms with van der Waals surface area (Å²) in [6.45, 7) is 4.52. The standard InChI is InChI=1S/C27H26N6O5/c1-14-23(15(2)32(3)31-14)19-7-8-21-20(28-19)12-22(38-21)27(25(35)29-26(36)30-27)9-10-33-13-16-5-6-17(37-4)11-18(16)24(33)34/h5-8,11-12H,9-10,13H2,1-4H3,(H2,29,30,35,36). The number of aromatic nitrogens is 3. The van der Waals surface area contributed by atoms with E-state index >= 15 is 0 Å². The second kappa shape index (κ2) is 8.44. The van der Waals surface area contributed by atoms with Crippen LogP contribution in [-0.4, -0.2) is 51.2 Å². The van der Waals surface area contributed by atoms with Gasteiger partial charge in [-0.15, -0.1) is 0 Å². The van der Waals surface area contributed by atoms with Gasteiger partial charge in [-0.2, -0.15) is 5.10 Å². The first kappa shape index (κ1) is 23.7. The number of nitrogens with one attached hydrogen (secondary N) is 2. The largest absolute Gasteiger partial charge is 0.497 e. The third-order valence-corrected chi connectivity index (χ3v) is 7.45. The van der Waals surface area contributed by atoms with Gasteiger partial charge in [-0.3, -0.25) is 19.6 Å². The van der Waals surface area contributed by atoms with E-state index in [1.807, 2.05) is 39.1 Å². The Morgan fingerprint density at radius 3 is 2.63 bits per heavy atom.